The van der Waals surface area contributed by atoms with Crippen molar-refractivity contribution in [3.63, 3.8) is 0 Å². The molecule has 0 heterocycles. The highest BCUT2D eigenvalue weighted by Gasteiger charge is 2.21. The number of hydrogen-bond donors (Lipinski definition) is 1. The molecule has 0 unspecified atom stereocenters. The number of anilines is 1. The van der Waals surface area contributed by atoms with E-state index in [2.05, 4.69) is 29.6 Å². The lowest BCUT2D eigenvalue weighted by molar-refractivity contribution is -0.112. The minimum atomic E-state index is -0.120. The van der Waals surface area contributed by atoms with Gasteiger partial charge < -0.3 is 5.32 Å². The smallest absolute Gasteiger partial charge is 0.251 e. The van der Waals surface area contributed by atoms with E-state index in [-0.39, 0.29) is 5.91 Å². The van der Waals surface area contributed by atoms with Gasteiger partial charge in [0.1, 0.15) is 0 Å². The van der Waals surface area contributed by atoms with E-state index in [1.54, 1.807) is 12.1 Å². The number of benzene rings is 2. The van der Waals surface area contributed by atoms with Gasteiger partial charge in [-0.3, -0.25) is 4.79 Å². The Kier molecular flexibility index (Phi) is 4.12. The van der Waals surface area contributed by atoms with Crippen molar-refractivity contribution in [1.29, 1.82) is 0 Å². The molecule has 0 saturated carbocycles. The fraction of sp³-hybridized carbons (Fsp3) is 0.0455. The summed E-state index contributed by atoms with van der Waals surface area (Å²) in [4.78, 5) is 12.6. The highest BCUT2D eigenvalue weighted by atomic mass is 35.5. The predicted molar refractivity (Wildman–Crippen MR) is 104 cm³/mol. The summed E-state index contributed by atoms with van der Waals surface area (Å²) in [6, 6.07) is 15.6. The molecule has 2 aromatic carbocycles. The summed E-state index contributed by atoms with van der Waals surface area (Å²) >= 11 is 6.13. The Hall–Kier alpha value is -2.84. The van der Waals surface area contributed by atoms with Crippen LogP contribution in [0.15, 0.2) is 84.0 Å². The molecule has 122 valence electrons. The molecular formula is C22H16ClNO. The quantitative estimate of drug-likeness (QED) is 0.749. The Labute approximate surface area is 151 Å². The predicted octanol–water partition coefficient (Wildman–Crippen LogP) is 5.65. The number of carbonyl (C=O) groups is 1. The van der Waals surface area contributed by atoms with Crippen LogP contribution in [0.25, 0.3) is 11.6 Å². The molecule has 1 amide bonds. The Morgan fingerprint density at radius 3 is 2.64 bits per heavy atom. The maximum Gasteiger partial charge on any atom is 0.251 e. The number of halogens is 1. The van der Waals surface area contributed by atoms with Gasteiger partial charge in [-0.25, -0.2) is 0 Å². The Morgan fingerprint density at radius 1 is 0.960 bits per heavy atom. The molecule has 1 N–H and O–H groups in total. The molecule has 0 fully saturated rings. The monoisotopic (exact) mass is 345 g/mol. The number of amides is 1. The second-order valence-corrected chi connectivity index (χ2v) is 6.43. The van der Waals surface area contributed by atoms with Gasteiger partial charge in [0.25, 0.3) is 5.91 Å². The average Bonchev–Trinajstić information content (AvgIpc) is 2.82. The minimum absolute atomic E-state index is 0.120. The second-order valence-electron chi connectivity index (χ2n) is 6.02. The van der Waals surface area contributed by atoms with E-state index >= 15 is 0 Å². The van der Waals surface area contributed by atoms with Gasteiger partial charge in [0.05, 0.1) is 10.7 Å². The van der Waals surface area contributed by atoms with E-state index < -0.39 is 0 Å². The largest absolute Gasteiger partial charge is 0.321 e. The van der Waals surface area contributed by atoms with Crippen LogP contribution < -0.4 is 5.32 Å². The van der Waals surface area contributed by atoms with E-state index in [0.717, 1.165) is 11.1 Å². The molecule has 0 atom stereocenters. The normalized spacial score (nSPS) is 15.2. The fourth-order valence-electron chi connectivity index (χ4n) is 3.14. The first-order valence-corrected chi connectivity index (χ1v) is 8.54. The number of hydrogen-bond acceptors (Lipinski definition) is 1. The van der Waals surface area contributed by atoms with Crippen molar-refractivity contribution in [3.8, 4) is 0 Å². The summed E-state index contributed by atoms with van der Waals surface area (Å²) < 4.78 is 0. The number of rotatable bonds is 2. The van der Waals surface area contributed by atoms with Crippen molar-refractivity contribution in [2.75, 3.05) is 5.32 Å². The summed E-state index contributed by atoms with van der Waals surface area (Å²) in [7, 11) is 0. The van der Waals surface area contributed by atoms with Crippen molar-refractivity contribution >= 4 is 34.8 Å². The molecular weight excluding hydrogens is 330 g/mol. The lowest BCUT2D eigenvalue weighted by atomic mass is 9.87. The lowest BCUT2D eigenvalue weighted by Gasteiger charge is -2.19. The molecule has 2 aliphatic carbocycles. The van der Waals surface area contributed by atoms with Crippen LogP contribution in [0.2, 0.25) is 5.02 Å². The highest BCUT2D eigenvalue weighted by molar-refractivity contribution is 6.33. The highest BCUT2D eigenvalue weighted by Crippen LogP contribution is 2.36. The van der Waals surface area contributed by atoms with Crippen molar-refractivity contribution in [3.05, 3.63) is 100 Å². The molecule has 0 spiro atoms. The number of allylic oxidation sites excluding steroid dienone is 6. The number of para-hydroxylation sites is 1. The van der Waals surface area contributed by atoms with Crippen LogP contribution in [0.4, 0.5) is 5.69 Å². The summed E-state index contributed by atoms with van der Waals surface area (Å²) in [5, 5.41) is 3.43. The Balaban J connectivity index is 1.65. The lowest BCUT2D eigenvalue weighted by Crippen LogP contribution is -2.16. The SMILES string of the molecule is O=C(Nc1ccccc1Cl)C1=CC=C2C(=CC=Cc3ccccc32)C1. The first kappa shape index (κ1) is 15.7. The standard InChI is InChI=1S/C22H16ClNO/c23-20-10-3-4-11-21(20)24-22(25)17-12-13-19-16(14-17)8-5-7-15-6-1-2-9-18(15)19/h1-13H,14H2,(H,24,25). The first-order valence-electron chi connectivity index (χ1n) is 8.16. The summed E-state index contributed by atoms with van der Waals surface area (Å²) in [5.41, 5.74) is 6.07. The van der Waals surface area contributed by atoms with Crippen molar-refractivity contribution in [1.82, 2.24) is 0 Å². The molecule has 0 bridgehead atoms. The molecule has 4 rings (SSSR count). The van der Waals surface area contributed by atoms with Crippen LogP contribution in [0.3, 0.4) is 0 Å². The molecule has 3 heteroatoms. The zero-order valence-electron chi connectivity index (χ0n) is 13.5. The number of nitrogens with one attached hydrogen (secondary N) is 1. The molecule has 25 heavy (non-hydrogen) atoms. The van der Waals surface area contributed by atoms with Gasteiger partial charge in [0.2, 0.25) is 0 Å². The maximum absolute atomic E-state index is 12.6. The third-order valence-electron chi connectivity index (χ3n) is 4.42. The van der Waals surface area contributed by atoms with Crippen LogP contribution in [-0.4, -0.2) is 5.91 Å². The topological polar surface area (TPSA) is 29.1 Å². The van der Waals surface area contributed by atoms with Crippen molar-refractivity contribution in [2.24, 2.45) is 0 Å². The molecule has 0 aromatic heterocycles. The second kappa shape index (κ2) is 6.58. The van der Waals surface area contributed by atoms with Crippen LogP contribution >= 0.6 is 11.6 Å². The van der Waals surface area contributed by atoms with Crippen LogP contribution in [0.1, 0.15) is 17.5 Å². The van der Waals surface area contributed by atoms with Crippen LogP contribution in [-0.2, 0) is 4.79 Å². The third-order valence-corrected chi connectivity index (χ3v) is 4.75. The third kappa shape index (κ3) is 3.09. The van der Waals surface area contributed by atoms with Crippen LogP contribution in [0.5, 0.6) is 0 Å². The zero-order chi connectivity index (χ0) is 17.2. The molecule has 2 aliphatic rings. The van der Waals surface area contributed by atoms with Gasteiger partial charge in [-0.05, 0) is 34.4 Å². The first-order chi connectivity index (χ1) is 12.2. The number of carbonyl (C=O) groups excluding carboxylic acids is 1. The Bertz CT molecular complexity index is 979. The van der Waals surface area contributed by atoms with E-state index in [1.165, 1.54) is 16.7 Å². The van der Waals surface area contributed by atoms with Crippen molar-refractivity contribution in [2.45, 2.75) is 6.42 Å². The summed E-state index contributed by atoms with van der Waals surface area (Å²) in [6.45, 7) is 0. The molecule has 0 radical (unpaired) electrons. The molecule has 0 saturated heterocycles. The van der Waals surface area contributed by atoms with Gasteiger partial charge in [0, 0.05) is 12.0 Å². The van der Waals surface area contributed by atoms with E-state index in [4.69, 9.17) is 11.6 Å². The summed E-state index contributed by atoms with van der Waals surface area (Å²) in [5.74, 6) is -0.120. The van der Waals surface area contributed by atoms with E-state index in [1.807, 2.05) is 42.5 Å². The average molecular weight is 346 g/mol. The minimum Gasteiger partial charge on any atom is -0.321 e. The van der Waals surface area contributed by atoms with E-state index in [0.29, 0.717) is 17.1 Å². The van der Waals surface area contributed by atoms with Crippen LogP contribution in [0, 0.1) is 0 Å². The zero-order valence-corrected chi connectivity index (χ0v) is 14.3. The van der Waals surface area contributed by atoms with Gasteiger partial charge in [-0.1, -0.05) is 78.4 Å². The van der Waals surface area contributed by atoms with E-state index in [9.17, 15) is 4.79 Å². The molecule has 0 aliphatic heterocycles. The molecule has 2 nitrogen and oxygen atoms in total. The number of fused-ring (bicyclic) bond motifs is 3. The van der Waals surface area contributed by atoms with Crippen molar-refractivity contribution < 1.29 is 4.79 Å². The van der Waals surface area contributed by atoms with Gasteiger partial charge in [-0.15, -0.1) is 0 Å². The summed E-state index contributed by atoms with van der Waals surface area (Å²) in [6.07, 6.45) is 10.8. The van der Waals surface area contributed by atoms with Gasteiger partial charge >= 0.3 is 0 Å². The Morgan fingerprint density at radius 2 is 1.76 bits per heavy atom. The maximum atomic E-state index is 12.6. The van der Waals surface area contributed by atoms with Gasteiger partial charge in [0.15, 0.2) is 0 Å². The molecule has 2 aromatic rings. The van der Waals surface area contributed by atoms with Gasteiger partial charge in [-0.2, -0.15) is 0 Å². The fourth-order valence-corrected chi connectivity index (χ4v) is 3.32.